The lowest BCUT2D eigenvalue weighted by Crippen LogP contribution is -2.05. The molecule has 0 unspecified atom stereocenters. The quantitative estimate of drug-likeness (QED) is 0.392. The summed E-state index contributed by atoms with van der Waals surface area (Å²) in [5.74, 6) is 0.0838. The standard InChI is InChI=1S/C22H16O4/c1-13-7-9-17-19(11-13)26-20-12-14(23)8-10-18(20)21(17)15-5-3-4-6-16(15)22(24)25-2/h3-12H,1-2H3. The Morgan fingerprint density at radius 2 is 1.77 bits per heavy atom. The van der Waals surface area contributed by atoms with Gasteiger partial charge in [0.15, 0.2) is 5.43 Å². The van der Waals surface area contributed by atoms with Crippen molar-refractivity contribution in [3.8, 4) is 22.5 Å². The van der Waals surface area contributed by atoms with Gasteiger partial charge in [-0.3, -0.25) is 4.79 Å². The van der Waals surface area contributed by atoms with Crippen molar-refractivity contribution in [3.63, 3.8) is 0 Å². The Bertz CT molecular complexity index is 1170. The summed E-state index contributed by atoms with van der Waals surface area (Å²) in [7, 11) is 1.36. The minimum absolute atomic E-state index is 0.125. The van der Waals surface area contributed by atoms with E-state index in [4.69, 9.17) is 9.15 Å². The number of hydrogen-bond donors (Lipinski definition) is 0. The van der Waals surface area contributed by atoms with Crippen LogP contribution in [0, 0.1) is 6.92 Å². The smallest absolute Gasteiger partial charge is 0.338 e. The summed E-state index contributed by atoms with van der Waals surface area (Å²) in [5, 5.41) is 0.873. The van der Waals surface area contributed by atoms with Crippen LogP contribution in [0.4, 0.5) is 0 Å². The summed E-state index contributed by atoms with van der Waals surface area (Å²) in [6.45, 7) is 1.98. The van der Waals surface area contributed by atoms with Crippen LogP contribution in [0.3, 0.4) is 0 Å². The fraction of sp³-hybridized carbons (Fsp3) is 0.0909. The van der Waals surface area contributed by atoms with Gasteiger partial charge in [-0.25, -0.2) is 4.79 Å². The highest BCUT2D eigenvalue weighted by atomic mass is 16.5. The number of hydrogen-bond acceptors (Lipinski definition) is 4. The van der Waals surface area contributed by atoms with Crippen molar-refractivity contribution >= 4 is 16.9 Å². The predicted octanol–water partition coefficient (Wildman–Crippen LogP) is 4.66. The molecule has 2 aliphatic rings. The van der Waals surface area contributed by atoms with E-state index in [0.717, 1.165) is 27.6 Å². The number of carbonyl (C=O) groups excluding carboxylic acids is 1. The second-order valence-corrected chi connectivity index (χ2v) is 6.17. The third-order valence-electron chi connectivity index (χ3n) is 4.45. The van der Waals surface area contributed by atoms with Crippen LogP contribution >= 0.6 is 0 Å². The van der Waals surface area contributed by atoms with Gasteiger partial charge in [0.1, 0.15) is 11.3 Å². The molecule has 0 spiro atoms. The molecule has 0 amide bonds. The molecule has 0 N–H and O–H groups in total. The minimum Gasteiger partial charge on any atom is -0.465 e. The zero-order valence-corrected chi connectivity index (χ0v) is 14.4. The van der Waals surface area contributed by atoms with Gasteiger partial charge in [0.25, 0.3) is 0 Å². The highest BCUT2D eigenvalue weighted by Gasteiger charge is 2.21. The Morgan fingerprint density at radius 3 is 2.58 bits per heavy atom. The van der Waals surface area contributed by atoms with E-state index in [1.807, 2.05) is 37.3 Å². The molecule has 0 saturated heterocycles. The van der Waals surface area contributed by atoms with Crippen LogP contribution in [-0.2, 0) is 4.74 Å². The molecule has 1 heterocycles. The van der Waals surface area contributed by atoms with E-state index in [2.05, 4.69) is 0 Å². The van der Waals surface area contributed by atoms with Crippen molar-refractivity contribution in [1.82, 2.24) is 0 Å². The lowest BCUT2D eigenvalue weighted by Gasteiger charge is -2.17. The van der Waals surface area contributed by atoms with Gasteiger partial charge in [-0.2, -0.15) is 0 Å². The number of fused-ring (bicyclic) bond motifs is 2. The van der Waals surface area contributed by atoms with Gasteiger partial charge in [0, 0.05) is 22.6 Å². The molecule has 4 heteroatoms. The molecular weight excluding hydrogens is 328 g/mol. The van der Waals surface area contributed by atoms with Crippen LogP contribution in [0.15, 0.2) is 69.9 Å². The largest absolute Gasteiger partial charge is 0.465 e. The summed E-state index contributed by atoms with van der Waals surface area (Å²) in [5.41, 5.74) is 4.42. The number of rotatable bonds is 2. The highest BCUT2D eigenvalue weighted by molar-refractivity contribution is 6.07. The van der Waals surface area contributed by atoms with Gasteiger partial charge in [0.2, 0.25) is 0 Å². The number of esters is 1. The van der Waals surface area contributed by atoms with Crippen LogP contribution < -0.4 is 5.43 Å². The molecule has 1 aliphatic heterocycles. The highest BCUT2D eigenvalue weighted by Crippen LogP contribution is 2.41. The Morgan fingerprint density at radius 1 is 0.962 bits per heavy atom. The van der Waals surface area contributed by atoms with Gasteiger partial charge in [-0.1, -0.05) is 30.3 Å². The fourth-order valence-corrected chi connectivity index (χ4v) is 3.26. The van der Waals surface area contributed by atoms with Gasteiger partial charge in [-0.15, -0.1) is 0 Å². The van der Waals surface area contributed by atoms with Crippen LogP contribution in [0.2, 0.25) is 0 Å². The van der Waals surface area contributed by atoms with Crippen molar-refractivity contribution in [2.75, 3.05) is 7.11 Å². The van der Waals surface area contributed by atoms with E-state index in [1.54, 1.807) is 18.2 Å². The second kappa shape index (κ2) is 6.15. The zero-order chi connectivity index (χ0) is 18.3. The number of carbonyl (C=O) groups is 1. The molecule has 0 radical (unpaired) electrons. The van der Waals surface area contributed by atoms with Crippen molar-refractivity contribution in [2.45, 2.75) is 6.92 Å². The summed E-state index contributed by atoms with van der Waals surface area (Å²) in [6.07, 6.45) is 0. The molecule has 0 aromatic heterocycles. The Labute approximate surface area is 150 Å². The maximum absolute atomic E-state index is 12.3. The zero-order valence-electron chi connectivity index (χ0n) is 14.4. The van der Waals surface area contributed by atoms with E-state index < -0.39 is 5.97 Å². The third-order valence-corrected chi connectivity index (χ3v) is 4.45. The van der Waals surface area contributed by atoms with E-state index in [1.165, 1.54) is 19.2 Å². The van der Waals surface area contributed by atoms with Gasteiger partial charge in [-0.05, 0) is 42.3 Å². The monoisotopic (exact) mass is 344 g/mol. The topological polar surface area (TPSA) is 56.5 Å². The second-order valence-electron chi connectivity index (χ2n) is 6.17. The maximum atomic E-state index is 12.3. The minimum atomic E-state index is -0.407. The van der Waals surface area contributed by atoms with Crippen LogP contribution in [0.5, 0.6) is 0 Å². The summed E-state index contributed by atoms with van der Waals surface area (Å²) >= 11 is 0. The maximum Gasteiger partial charge on any atom is 0.338 e. The first-order valence-electron chi connectivity index (χ1n) is 8.23. The van der Waals surface area contributed by atoms with E-state index in [-0.39, 0.29) is 5.43 Å². The molecule has 1 aliphatic carbocycles. The predicted molar refractivity (Wildman–Crippen MR) is 101 cm³/mol. The first-order chi connectivity index (χ1) is 12.6. The Kier molecular flexibility index (Phi) is 3.81. The summed E-state index contributed by atoms with van der Waals surface area (Å²) in [4.78, 5) is 24.1. The van der Waals surface area contributed by atoms with Gasteiger partial charge >= 0.3 is 5.97 Å². The average molecular weight is 344 g/mol. The summed E-state index contributed by atoms with van der Waals surface area (Å²) < 4.78 is 10.9. The van der Waals surface area contributed by atoms with Gasteiger partial charge < -0.3 is 9.15 Å². The molecule has 4 rings (SSSR count). The van der Waals surface area contributed by atoms with Crippen LogP contribution in [0.1, 0.15) is 15.9 Å². The molecule has 4 nitrogen and oxygen atoms in total. The van der Waals surface area contributed by atoms with Crippen molar-refractivity contribution in [2.24, 2.45) is 0 Å². The summed E-state index contributed by atoms with van der Waals surface area (Å²) in [6, 6.07) is 17.9. The third kappa shape index (κ3) is 2.56. The van der Waals surface area contributed by atoms with Crippen LogP contribution in [0.25, 0.3) is 33.4 Å². The molecule has 0 bridgehead atoms. The molecule has 0 fully saturated rings. The molecule has 0 saturated carbocycles. The molecule has 0 atom stereocenters. The van der Waals surface area contributed by atoms with E-state index >= 15 is 0 Å². The molecule has 26 heavy (non-hydrogen) atoms. The van der Waals surface area contributed by atoms with E-state index in [0.29, 0.717) is 16.9 Å². The Hall–Kier alpha value is -3.40. The van der Waals surface area contributed by atoms with Crippen LogP contribution in [-0.4, -0.2) is 13.1 Å². The van der Waals surface area contributed by atoms with Crippen molar-refractivity contribution < 1.29 is 13.9 Å². The molecule has 2 aromatic rings. The normalized spacial score (nSPS) is 11.0. The average Bonchev–Trinajstić information content (AvgIpc) is 2.65. The van der Waals surface area contributed by atoms with Crippen molar-refractivity contribution in [3.05, 3.63) is 82.0 Å². The lowest BCUT2D eigenvalue weighted by atomic mass is 9.90. The Balaban J connectivity index is 2.18. The first kappa shape index (κ1) is 16.1. The lowest BCUT2D eigenvalue weighted by molar-refractivity contribution is 0.0601. The van der Waals surface area contributed by atoms with Crippen molar-refractivity contribution in [1.29, 1.82) is 0 Å². The fourth-order valence-electron chi connectivity index (χ4n) is 3.26. The number of benzene rings is 3. The molecule has 2 aromatic carbocycles. The number of ether oxygens (including phenoxy) is 1. The number of aryl methyl sites for hydroxylation is 1. The molecule has 128 valence electrons. The van der Waals surface area contributed by atoms with Gasteiger partial charge in [0.05, 0.1) is 12.7 Å². The molecular formula is C22H16O4. The van der Waals surface area contributed by atoms with E-state index in [9.17, 15) is 9.59 Å². The number of methoxy groups -OCH3 is 1. The SMILES string of the molecule is COC(=O)c1ccccc1-c1c2ccc(=O)cc-2oc2cc(C)ccc12. The first-order valence-corrected chi connectivity index (χ1v) is 8.23.